The highest BCUT2D eigenvalue weighted by Crippen LogP contribution is 2.49. The van der Waals surface area contributed by atoms with E-state index in [1.165, 1.54) is 6.08 Å². The molecule has 2 bridgehead atoms. The molecule has 1 fully saturated rings. The Morgan fingerprint density at radius 2 is 2.00 bits per heavy atom. The van der Waals surface area contributed by atoms with Gasteiger partial charge < -0.3 is 4.18 Å². The number of halogens is 3. The predicted molar refractivity (Wildman–Crippen MR) is 49.5 cm³/mol. The summed E-state index contributed by atoms with van der Waals surface area (Å²) in [6, 6.07) is 0. The Kier molecular flexibility index (Phi) is 2.49. The Bertz CT molecular complexity index is 424. The van der Waals surface area contributed by atoms with Gasteiger partial charge in [-0.15, -0.1) is 0 Å². The van der Waals surface area contributed by atoms with Gasteiger partial charge in [-0.2, -0.15) is 21.6 Å². The van der Waals surface area contributed by atoms with Crippen molar-refractivity contribution in [2.45, 2.75) is 25.3 Å². The van der Waals surface area contributed by atoms with Gasteiger partial charge in [0, 0.05) is 5.92 Å². The summed E-state index contributed by atoms with van der Waals surface area (Å²) in [6.45, 7) is 1.90. The van der Waals surface area contributed by atoms with Crippen LogP contribution in [0, 0.1) is 17.8 Å². The fourth-order valence-electron chi connectivity index (χ4n) is 2.43. The van der Waals surface area contributed by atoms with Gasteiger partial charge in [-0.05, 0) is 30.8 Å². The predicted octanol–water partition coefficient (Wildman–Crippen LogP) is 2.41. The molecule has 0 heterocycles. The summed E-state index contributed by atoms with van der Waals surface area (Å²) in [5, 5.41) is 0. The molecular weight excluding hydrogens is 245 g/mol. The molecule has 0 spiro atoms. The van der Waals surface area contributed by atoms with Crippen molar-refractivity contribution in [3.05, 3.63) is 11.8 Å². The van der Waals surface area contributed by atoms with Gasteiger partial charge in [-0.25, -0.2) is 0 Å². The van der Waals surface area contributed by atoms with Crippen LogP contribution in [0.25, 0.3) is 0 Å². The van der Waals surface area contributed by atoms with Crippen molar-refractivity contribution in [1.82, 2.24) is 0 Å². The number of hydrogen-bond acceptors (Lipinski definition) is 3. The minimum Gasteiger partial charge on any atom is -0.381 e. The number of hydrogen-bond donors (Lipinski definition) is 0. The van der Waals surface area contributed by atoms with Gasteiger partial charge in [0.25, 0.3) is 0 Å². The molecule has 2 aliphatic carbocycles. The summed E-state index contributed by atoms with van der Waals surface area (Å²) in [4.78, 5) is 0. The van der Waals surface area contributed by atoms with Crippen LogP contribution in [0.15, 0.2) is 11.8 Å². The van der Waals surface area contributed by atoms with Gasteiger partial charge in [0.2, 0.25) is 0 Å². The van der Waals surface area contributed by atoms with E-state index in [9.17, 15) is 21.6 Å². The van der Waals surface area contributed by atoms with Crippen LogP contribution in [0.3, 0.4) is 0 Å². The molecule has 0 amide bonds. The molecule has 0 aliphatic heterocycles. The second-order valence-corrected chi connectivity index (χ2v) is 5.80. The third kappa shape index (κ3) is 1.70. The monoisotopic (exact) mass is 256 g/mol. The summed E-state index contributed by atoms with van der Waals surface area (Å²) in [5.41, 5.74) is -5.35. The smallest absolute Gasteiger partial charge is 0.381 e. The lowest BCUT2D eigenvalue weighted by molar-refractivity contribution is -0.0527. The SMILES string of the molecule is C[C@H]1C2C=C(OS(=O)(=O)C(F)(F)F)C1CC2. The molecule has 0 N–H and O–H groups in total. The lowest BCUT2D eigenvalue weighted by Gasteiger charge is -2.16. The Hall–Kier alpha value is -0.720. The van der Waals surface area contributed by atoms with Crippen LogP contribution < -0.4 is 0 Å². The molecule has 0 aromatic heterocycles. The van der Waals surface area contributed by atoms with Crippen LogP contribution in [0.2, 0.25) is 0 Å². The Morgan fingerprint density at radius 3 is 2.38 bits per heavy atom. The molecule has 0 radical (unpaired) electrons. The van der Waals surface area contributed by atoms with E-state index in [4.69, 9.17) is 0 Å². The topological polar surface area (TPSA) is 43.4 Å². The first-order valence-electron chi connectivity index (χ1n) is 4.95. The van der Waals surface area contributed by atoms with E-state index >= 15 is 0 Å². The van der Waals surface area contributed by atoms with Crippen molar-refractivity contribution < 1.29 is 25.8 Å². The summed E-state index contributed by atoms with van der Waals surface area (Å²) < 4.78 is 62.0. The van der Waals surface area contributed by atoms with E-state index in [0.717, 1.165) is 6.42 Å². The van der Waals surface area contributed by atoms with Gasteiger partial charge >= 0.3 is 15.6 Å². The maximum absolute atomic E-state index is 12.1. The molecule has 0 aromatic carbocycles. The fraction of sp³-hybridized carbons (Fsp3) is 0.778. The lowest BCUT2D eigenvalue weighted by Crippen LogP contribution is -2.26. The lowest BCUT2D eigenvalue weighted by atomic mass is 9.99. The van der Waals surface area contributed by atoms with Gasteiger partial charge in [0.1, 0.15) is 5.76 Å². The van der Waals surface area contributed by atoms with Crippen molar-refractivity contribution in [3.63, 3.8) is 0 Å². The first-order chi connectivity index (χ1) is 7.22. The van der Waals surface area contributed by atoms with Crippen molar-refractivity contribution in [2.24, 2.45) is 17.8 Å². The highest BCUT2D eigenvalue weighted by molar-refractivity contribution is 7.87. The zero-order chi connectivity index (χ0) is 12.1. The van der Waals surface area contributed by atoms with Crippen molar-refractivity contribution in [2.75, 3.05) is 0 Å². The van der Waals surface area contributed by atoms with E-state index in [1.54, 1.807) is 0 Å². The maximum atomic E-state index is 12.1. The number of rotatable bonds is 2. The van der Waals surface area contributed by atoms with Gasteiger partial charge in [0.15, 0.2) is 0 Å². The summed E-state index contributed by atoms with van der Waals surface area (Å²) in [6.07, 6.45) is 3.11. The second-order valence-electron chi connectivity index (χ2n) is 4.26. The average molecular weight is 256 g/mol. The van der Waals surface area contributed by atoms with Crippen LogP contribution in [-0.4, -0.2) is 13.9 Å². The largest absolute Gasteiger partial charge is 0.534 e. The van der Waals surface area contributed by atoms with E-state index < -0.39 is 15.6 Å². The highest BCUT2D eigenvalue weighted by Gasteiger charge is 2.51. The zero-order valence-corrected chi connectivity index (χ0v) is 9.31. The van der Waals surface area contributed by atoms with Gasteiger partial charge in [-0.1, -0.05) is 6.92 Å². The number of alkyl halides is 3. The van der Waals surface area contributed by atoms with Crippen molar-refractivity contribution >= 4 is 10.1 Å². The number of allylic oxidation sites excluding steroid dienone is 2. The van der Waals surface area contributed by atoms with E-state index in [2.05, 4.69) is 4.18 Å². The van der Waals surface area contributed by atoms with Crippen LogP contribution in [0.1, 0.15) is 19.8 Å². The van der Waals surface area contributed by atoms with Crippen molar-refractivity contribution in [3.8, 4) is 0 Å². The molecule has 0 aromatic rings. The molecule has 92 valence electrons. The normalized spacial score (nSPS) is 34.0. The van der Waals surface area contributed by atoms with Gasteiger partial charge in [-0.3, -0.25) is 0 Å². The molecule has 7 heteroatoms. The van der Waals surface area contributed by atoms with E-state index in [1.807, 2.05) is 6.92 Å². The quantitative estimate of drug-likeness (QED) is 0.563. The molecule has 16 heavy (non-hydrogen) atoms. The van der Waals surface area contributed by atoms with Crippen LogP contribution in [0.5, 0.6) is 0 Å². The Morgan fingerprint density at radius 1 is 1.38 bits per heavy atom. The first kappa shape index (κ1) is 11.8. The molecule has 3 atom stereocenters. The summed E-state index contributed by atoms with van der Waals surface area (Å²) in [5.74, 6) is 0.130. The Balaban J connectivity index is 2.17. The van der Waals surface area contributed by atoms with Gasteiger partial charge in [0.05, 0.1) is 0 Å². The third-order valence-electron chi connectivity index (χ3n) is 3.35. The molecule has 1 saturated carbocycles. The second kappa shape index (κ2) is 3.38. The van der Waals surface area contributed by atoms with E-state index in [-0.39, 0.29) is 23.5 Å². The zero-order valence-electron chi connectivity index (χ0n) is 8.49. The molecule has 2 rings (SSSR count). The maximum Gasteiger partial charge on any atom is 0.534 e. The van der Waals surface area contributed by atoms with Crippen LogP contribution in [0.4, 0.5) is 13.2 Å². The molecule has 0 saturated heterocycles. The summed E-state index contributed by atoms with van der Waals surface area (Å²) in [7, 11) is -5.50. The Labute approximate surface area is 91.4 Å². The van der Waals surface area contributed by atoms with Crippen LogP contribution in [-0.2, 0) is 14.3 Å². The van der Waals surface area contributed by atoms with E-state index in [0.29, 0.717) is 6.42 Å². The highest BCUT2D eigenvalue weighted by atomic mass is 32.2. The number of fused-ring (bicyclic) bond motifs is 2. The fourth-order valence-corrected chi connectivity index (χ4v) is 2.96. The van der Waals surface area contributed by atoms with Crippen molar-refractivity contribution in [1.29, 1.82) is 0 Å². The average Bonchev–Trinajstić information content (AvgIpc) is 2.58. The molecule has 2 aliphatic rings. The minimum absolute atomic E-state index is 0.0268. The standard InChI is InChI=1S/C9H11F3O3S/c1-5-6-2-3-7(5)8(4-6)15-16(13,14)9(10,11)12/h4-7H,2-3H2,1H3/t5-,6?,7?/m0/s1. The molecule has 3 nitrogen and oxygen atoms in total. The molecule has 2 unspecified atom stereocenters. The third-order valence-corrected chi connectivity index (χ3v) is 4.33. The molecular formula is C9H11F3O3S. The summed E-state index contributed by atoms with van der Waals surface area (Å²) >= 11 is 0. The first-order valence-corrected chi connectivity index (χ1v) is 6.35. The van der Waals surface area contributed by atoms with Crippen LogP contribution >= 0.6 is 0 Å². The minimum atomic E-state index is -5.50.